The normalized spacial score (nSPS) is 16.2. The summed E-state index contributed by atoms with van der Waals surface area (Å²) in [5.41, 5.74) is 4.49. The molecule has 8 heteroatoms. The Hall–Kier alpha value is -3.39. The van der Waals surface area contributed by atoms with Crippen molar-refractivity contribution >= 4 is 18.0 Å². The highest BCUT2D eigenvalue weighted by molar-refractivity contribution is 5.89. The van der Waals surface area contributed by atoms with Gasteiger partial charge in [-0.2, -0.15) is 0 Å². The number of ether oxygens (including phenoxy) is 1. The van der Waals surface area contributed by atoms with Gasteiger partial charge in [-0.25, -0.2) is 9.59 Å². The van der Waals surface area contributed by atoms with Crippen LogP contribution in [-0.4, -0.2) is 78.2 Å². The van der Waals surface area contributed by atoms with Gasteiger partial charge >= 0.3 is 12.1 Å². The zero-order chi connectivity index (χ0) is 25.1. The van der Waals surface area contributed by atoms with E-state index in [1.54, 1.807) is 0 Å². The average Bonchev–Trinajstić information content (AvgIpc) is 3.62. The van der Waals surface area contributed by atoms with Crippen molar-refractivity contribution < 1.29 is 24.2 Å². The molecule has 1 saturated carbocycles. The molecule has 2 aliphatic carbocycles. The van der Waals surface area contributed by atoms with Gasteiger partial charge in [-0.3, -0.25) is 4.79 Å². The second-order valence-corrected chi connectivity index (χ2v) is 9.61. The molecule has 0 radical (unpaired) electrons. The SMILES string of the molecule is CC(C(=O)O)N(C(=O)C(CCN(C)C)NC(=O)OCC1c2ccccc2-c2ccccc21)C1CC1. The lowest BCUT2D eigenvalue weighted by atomic mass is 9.98. The van der Waals surface area contributed by atoms with Gasteiger partial charge in [0.2, 0.25) is 5.91 Å². The van der Waals surface area contributed by atoms with Crippen molar-refractivity contribution in [2.45, 2.75) is 50.2 Å². The van der Waals surface area contributed by atoms with Gasteiger partial charge in [-0.1, -0.05) is 48.5 Å². The summed E-state index contributed by atoms with van der Waals surface area (Å²) in [4.78, 5) is 41.2. The Bertz CT molecular complexity index is 1050. The molecule has 0 saturated heterocycles. The van der Waals surface area contributed by atoms with E-state index in [1.807, 2.05) is 55.4 Å². The minimum atomic E-state index is -1.06. The third kappa shape index (κ3) is 5.48. The number of fused-ring (bicyclic) bond motifs is 3. The summed E-state index contributed by atoms with van der Waals surface area (Å²) in [6, 6.07) is 14.3. The Balaban J connectivity index is 1.46. The molecule has 0 bridgehead atoms. The lowest BCUT2D eigenvalue weighted by Gasteiger charge is -2.31. The quantitative estimate of drug-likeness (QED) is 0.543. The molecular formula is C27H33N3O5. The van der Waals surface area contributed by atoms with Crippen LogP contribution >= 0.6 is 0 Å². The molecule has 4 rings (SSSR count). The standard InChI is InChI=1S/C27H33N3O5/c1-17(26(32)33)30(18-12-13-18)25(31)24(14-15-29(2)3)28-27(34)35-16-23-21-10-6-4-8-19(21)20-9-5-7-11-22(20)23/h4-11,17-18,23-24H,12-16H2,1-3H3,(H,28,34)(H,32,33). The van der Waals surface area contributed by atoms with Crippen LogP contribution in [0.5, 0.6) is 0 Å². The first-order valence-corrected chi connectivity index (χ1v) is 12.1. The first kappa shape index (κ1) is 24.7. The fourth-order valence-electron chi connectivity index (χ4n) is 4.77. The number of carboxylic acids is 1. The van der Waals surface area contributed by atoms with Gasteiger partial charge in [0.15, 0.2) is 0 Å². The van der Waals surface area contributed by atoms with Gasteiger partial charge in [-0.05, 0) is 69.1 Å². The predicted octanol–water partition coefficient (Wildman–Crippen LogP) is 3.31. The molecule has 0 spiro atoms. The largest absolute Gasteiger partial charge is 0.480 e. The monoisotopic (exact) mass is 479 g/mol. The van der Waals surface area contributed by atoms with E-state index in [0.717, 1.165) is 35.1 Å². The molecule has 1 fully saturated rings. The van der Waals surface area contributed by atoms with Gasteiger partial charge in [0, 0.05) is 12.0 Å². The zero-order valence-corrected chi connectivity index (χ0v) is 20.4. The molecule has 0 aliphatic heterocycles. The lowest BCUT2D eigenvalue weighted by molar-refractivity contribution is -0.151. The summed E-state index contributed by atoms with van der Waals surface area (Å²) in [7, 11) is 3.76. The number of carbonyl (C=O) groups is 3. The fraction of sp³-hybridized carbons (Fsp3) is 0.444. The minimum Gasteiger partial charge on any atom is -0.480 e. The van der Waals surface area contributed by atoms with E-state index in [-0.39, 0.29) is 24.5 Å². The highest BCUT2D eigenvalue weighted by atomic mass is 16.5. The van der Waals surface area contributed by atoms with Crippen molar-refractivity contribution in [1.82, 2.24) is 15.1 Å². The molecule has 0 heterocycles. The summed E-state index contributed by atoms with van der Waals surface area (Å²) < 4.78 is 5.64. The van der Waals surface area contributed by atoms with E-state index in [1.165, 1.54) is 11.8 Å². The average molecular weight is 480 g/mol. The smallest absolute Gasteiger partial charge is 0.407 e. The Morgan fingerprint density at radius 3 is 2.11 bits per heavy atom. The maximum Gasteiger partial charge on any atom is 0.407 e. The third-order valence-electron chi connectivity index (χ3n) is 6.77. The number of benzene rings is 2. The van der Waals surface area contributed by atoms with E-state index in [0.29, 0.717) is 13.0 Å². The summed E-state index contributed by atoms with van der Waals surface area (Å²) in [5, 5.41) is 12.2. The number of aliphatic carboxylic acids is 1. The molecule has 2 amide bonds. The highest BCUT2D eigenvalue weighted by Gasteiger charge is 2.41. The molecule has 8 nitrogen and oxygen atoms in total. The summed E-state index contributed by atoms with van der Waals surface area (Å²) in [6.45, 7) is 2.21. The Morgan fingerprint density at radius 1 is 1.03 bits per heavy atom. The van der Waals surface area contributed by atoms with Crippen LogP contribution in [0.1, 0.15) is 43.2 Å². The summed E-state index contributed by atoms with van der Waals surface area (Å²) >= 11 is 0. The molecule has 2 unspecified atom stereocenters. The van der Waals surface area contributed by atoms with Crippen molar-refractivity contribution in [2.75, 3.05) is 27.2 Å². The van der Waals surface area contributed by atoms with Crippen LogP contribution in [0.2, 0.25) is 0 Å². The second-order valence-electron chi connectivity index (χ2n) is 9.61. The van der Waals surface area contributed by atoms with Crippen LogP contribution < -0.4 is 5.32 Å². The van der Waals surface area contributed by atoms with Crippen LogP contribution in [0, 0.1) is 0 Å². The van der Waals surface area contributed by atoms with E-state index in [4.69, 9.17) is 4.74 Å². The number of alkyl carbamates (subject to hydrolysis) is 1. The molecule has 35 heavy (non-hydrogen) atoms. The fourth-order valence-corrected chi connectivity index (χ4v) is 4.77. The number of hydrogen-bond donors (Lipinski definition) is 2. The number of carbonyl (C=O) groups excluding carboxylic acids is 2. The first-order chi connectivity index (χ1) is 16.8. The molecular weight excluding hydrogens is 446 g/mol. The second kappa shape index (κ2) is 10.5. The minimum absolute atomic E-state index is 0.0842. The van der Waals surface area contributed by atoms with Crippen molar-refractivity contribution in [3.8, 4) is 11.1 Å². The van der Waals surface area contributed by atoms with Crippen LogP contribution in [0.4, 0.5) is 4.79 Å². The third-order valence-corrected chi connectivity index (χ3v) is 6.77. The number of nitrogens with one attached hydrogen (secondary N) is 1. The molecule has 186 valence electrons. The topological polar surface area (TPSA) is 99.2 Å². The maximum atomic E-state index is 13.4. The van der Waals surface area contributed by atoms with Crippen molar-refractivity contribution in [2.24, 2.45) is 0 Å². The first-order valence-electron chi connectivity index (χ1n) is 12.1. The van der Waals surface area contributed by atoms with Crippen molar-refractivity contribution in [3.63, 3.8) is 0 Å². The lowest BCUT2D eigenvalue weighted by Crippen LogP contribution is -2.54. The van der Waals surface area contributed by atoms with Crippen molar-refractivity contribution in [3.05, 3.63) is 59.7 Å². The van der Waals surface area contributed by atoms with Crippen LogP contribution in [0.3, 0.4) is 0 Å². The number of nitrogens with zero attached hydrogens (tertiary/aromatic N) is 2. The van der Waals surface area contributed by atoms with Crippen molar-refractivity contribution in [1.29, 1.82) is 0 Å². The van der Waals surface area contributed by atoms with Crippen LogP contribution in [-0.2, 0) is 14.3 Å². The van der Waals surface area contributed by atoms with Gasteiger partial charge in [0.05, 0.1) is 0 Å². The summed E-state index contributed by atoms with van der Waals surface area (Å²) in [6.07, 6.45) is 1.22. The van der Waals surface area contributed by atoms with E-state index < -0.39 is 24.1 Å². The van der Waals surface area contributed by atoms with E-state index in [9.17, 15) is 19.5 Å². The molecule has 2 aromatic rings. The Labute approximate surface area is 205 Å². The number of amides is 2. The van der Waals surface area contributed by atoms with Gasteiger partial charge < -0.3 is 25.0 Å². The number of carboxylic acid groups (broad SMARTS) is 1. The zero-order valence-electron chi connectivity index (χ0n) is 20.4. The predicted molar refractivity (Wildman–Crippen MR) is 132 cm³/mol. The number of hydrogen-bond acceptors (Lipinski definition) is 5. The van der Waals surface area contributed by atoms with Crippen LogP contribution in [0.25, 0.3) is 11.1 Å². The molecule has 2 N–H and O–H groups in total. The van der Waals surface area contributed by atoms with Gasteiger partial charge in [0.1, 0.15) is 18.7 Å². The summed E-state index contributed by atoms with van der Waals surface area (Å²) in [5.74, 6) is -1.52. The highest BCUT2D eigenvalue weighted by Crippen LogP contribution is 2.44. The van der Waals surface area contributed by atoms with E-state index in [2.05, 4.69) is 17.4 Å². The van der Waals surface area contributed by atoms with Gasteiger partial charge in [0.25, 0.3) is 0 Å². The maximum absolute atomic E-state index is 13.4. The van der Waals surface area contributed by atoms with Gasteiger partial charge in [-0.15, -0.1) is 0 Å². The Kier molecular flexibility index (Phi) is 7.40. The molecule has 0 aromatic heterocycles. The molecule has 2 aromatic carbocycles. The number of rotatable bonds is 10. The Morgan fingerprint density at radius 2 is 1.60 bits per heavy atom. The van der Waals surface area contributed by atoms with E-state index >= 15 is 0 Å². The van der Waals surface area contributed by atoms with Crippen LogP contribution in [0.15, 0.2) is 48.5 Å². The molecule has 2 aliphatic rings. The molecule has 2 atom stereocenters.